The van der Waals surface area contributed by atoms with E-state index in [1.165, 1.54) is 12.1 Å². The minimum atomic E-state index is -1.32. The smallest absolute Gasteiger partial charge is 0.326 e. The lowest BCUT2D eigenvalue weighted by atomic mass is 9.94. The molecule has 1 unspecified atom stereocenters. The van der Waals surface area contributed by atoms with Crippen LogP contribution in [0.15, 0.2) is 29.1 Å². The van der Waals surface area contributed by atoms with Gasteiger partial charge in [0.15, 0.2) is 0 Å². The summed E-state index contributed by atoms with van der Waals surface area (Å²) in [5.74, 6) is -4.09. The van der Waals surface area contributed by atoms with E-state index >= 15 is 0 Å². The maximum absolute atomic E-state index is 12.3. The largest absolute Gasteiger partial charge is 0.481 e. The number of hydrogen-bond donors (Lipinski definition) is 6. The lowest BCUT2D eigenvalue weighted by Crippen LogP contribution is -2.41. The van der Waals surface area contributed by atoms with Crippen LogP contribution in [0, 0.1) is 0 Å². The van der Waals surface area contributed by atoms with Gasteiger partial charge in [-0.25, -0.2) is 4.79 Å². The number of aryl methyl sites for hydroxylation is 1. The Hall–Kier alpha value is -4.22. The lowest BCUT2D eigenvalue weighted by Gasteiger charge is -2.14. The molecule has 0 aliphatic carbocycles. The van der Waals surface area contributed by atoms with E-state index < -0.39 is 35.4 Å². The third kappa shape index (κ3) is 5.09. The van der Waals surface area contributed by atoms with Gasteiger partial charge in [0.2, 0.25) is 11.9 Å². The van der Waals surface area contributed by atoms with E-state index in [0.29, 0.717) is 12.8 Å². The first-order valence-corrected chi connectivity index (χ1v) is 9.70. The van der Waals surface area contributed by atoms with Crippen LogP contribution in [0.25, 0.3) is 0 Å². The second-order valence-electron chi connectivity index (χ2n) is 7.29. The number of carbonyl (C=O) groups excluding carboxylic acids is 2. The van der Waals surface area contributed by atoms with Crippen molar-refractivity contribution in [1.82, 2.24) is 15.3 Å². The Morgan fingerprint density at radius 2 is 1.84 bits per heavy atom. The first kappa shape index (κ1) is 22.5. The Bertz CT molecular complexity index is 1130. The number of amides is 2. The second-order valence-corrected chi connectivity index (χ2v) is 7.29. The molecule has 2 atom stereocenters. The van der Waals surface area contributed by atoms with E-state index in [4.69, 9.17) is 15.9 Å². The summed E-state index contributed by atoms with van der Waals surface area (Å²) in [5, 5.41) is 22.7. The number of rotatable bonds is 9. The Balaban J connectivity index is 1.62. The molecule has 0 bridgehead atoms. The van der Waals surface area contributed by atoms with Crippen LogP contribution in [0.1, 0.15) is 46.7 Å². The minimum Gasteiger partial charge on any atom is -0.481 e. The van der Waals surface area contributed by atoms with Gasteiger partial charge in [0.25, 0.3) is 11.5 Å². The van der Waals surface area contributed by atoms with Crippen LogP contribution in [0.5, 0.6) is 0 Å². The number of nitrogens with two attached hydrogens (primary N) is 1. The maximum atomic E-state index is 12.3. The summed E-state index contributed by atoms with van der Waals surface area (Å²) in [5.41, 5.74) is 6.26. The number of H-pyrrole nitrogens is 1. The Morgan fingerprint density at radius 3 is 2.47 bits per heavy atom. The van der Waals surface area contributed by atoms with E-state index in [1.807, 2.05) is 0 Å². The number of aromatic nitrogens is 2. The zero-order valence-electron chi connectivity index (χ0n) is 16.8. The molecule has 1 aliphatic rings. The minimum absolute atomic E-state index is 0.0864. The van der Waals surface area contributed by atoms with Gasteiger partial charge >= 0.3 is 11.9 Å². The SMILES string of the molecule is Nc1nc2c(c(=O)[nH]1)C(CCc1ccc(C(=O)N[C@H](CCC(=O)O)C(=O)O)cc1)C(=O)N2. The van der Waals surface area contributed by atoms with Crippen molar-refractivity contribution in [3.05, 3.63) is 51.3 Å². The van der Waals surface area contributed by atoms with Crippen LogP contribution in [-0.4, -0.2) is 50.0 Å². The van der Waals surface area contributed by atoms with E-state index in [-0.39, 0.29) is 41.6 Å². The van der Waals surface area contributed by atoms with E-state index in [1.54, 1.807) is 12.1 Å². The predicted octanol–water partition coefficient (Wildman–Crippen LogP) is 0.0684. The highest BCUT2D eigenvalue weighted by Crippen LogP contribution is 2.31. The van der Waals surface area contributed by atoms with E-state index in [2.05, 4.69) is 20.6 Å². The molecule has 2 aromatic rings. The molecule has 0 radical (unpaired) electrons. The fourth-order valence-corrected chi connectivity index (χ4v) is 3.43. The first-order valence-electron chi connectivity index (χ1n) is 9.70. The number of aromatic amines is 1. The molecular weight excluding hydrogens is 422 g/mol. The predicted molar refractivity (Wildman–Crippen MR) is 111 cm³/mol. The molecule has 0 spiro atoms. The van der Waals surface area contributed by atoms with Gasteiger partial charge in [-0.1, -0.05) is 12.1 Å². The van der Waals surface area contributed by atoms with Crippen LogP contribution >= 0.6 is 0 Å². The fourth-order valence-electron chi connectivity index (χ4n) is 3.43. The number of carboxylic acid groups (broad SMARTS) is 2. The van der Waals surface area contributed by atoms with Crippen molar-refractivity contribution in [2.24, 2.45) is 0 Å². The third-order valence-electron chi connectivity index (χ3n) is 5.07. The molecule has 2 amide bonds. The number of carboxylic acids is 2. The van der Waals surface area contributed by atoms with Crippen molar-refractivity contribution in [3.63, 3.8) is 0 Å². The number of anilines is 2. The average Bonchev–Trinajstić information content (AvgIpc) is 3.04. The van der Waals surface area contributed by atoms with E-state index in [0.717, 1.165) is 5.56 Å². The highest BCUT2D eigenvalue weighted by molar-refractivity contribution is 6.01. The number of carbonyl (C=O) groups is 4. The highest BCUT2D eigenvalue weighted by atomic mass is 16.4. The molecule has 168 valence electrons. The number of benzene rings is 1. The number of nitrogens with one attached hydrogen (secondary N) is 3. The van der Waals surface area contributed by atoms with Gasteiger partial charge in [0.1, 0.15) is 11.9 Å². The molecule has 0 saturated heterocycles. The van der Waals surface area contributed by atoms with Gasteiger partial charge in [-0.3, -0.25) is 24.2 Å². The van der Waals surface area contributed by atoms with Gasteiger partial charge < -0.3 is 26.6 Å². The molecule has 12 heteroatoms. The Kier molecular flexibility index (Phi) is 6.52. The number of aliphatic carboxylic acids is 2. The summed E-state index contributed by atoms with van der Waals surface area (Å²) in [6, 6.07) is 4.99. The van der Waals surface area contributed by atoms with Crippen molar-refractivity contribution in [3.8, 4) is 0 Å². The van der Waals surface area contributed by atoms with Crippen LogP contribution < -0.4 is 21.9 Å². The molecule has 1 aromatic carbocycles. The first-order chi connectivity index (χ1) is 15.2. The van der Waals surface area contributed by atoms with Crippen LogP contribution in [0.3, 0.4) is 0 Å². The quantitative estimate of drug-likeness (QED) is 0.310. The molecule has 3 rings (SSSR count). The summed E-state index contributed by atoms with van der Waals surface area (Å²) in [7, 11) is 0. The molecule has 1 aromatic heterocycles. The topological polar surface area (TPSA) is 205 Å². The summed E-state index contributed by atoms with van der Waals surface area (Å²) < 4.78 is 0. The van der Waals surface area contributed by atoms with Gasteiger partial charge in [-0.05, 0) is 37.0 Å². The van der Waals surface area contributed by atoms with Crippen LogP contribution in [0.2, 0.25) is 0 Å². The zero-order valence-corrected chi connectivity index (χ0v) is 16.8. The number of hydrogen-bond acceptors (Lipinski definition) is 7. The number of fused-ring (bicyclic) bond motifs is 1. The van der Waals surface area contributed by atoms with Crippen molar-refractivity contribution in [2.75, 3.05) is 11.1 Å². The van der Waals surface area contributed by atoms with Gasteiger partial charge in [0, 0.05) is 12.0 Å². The molecule has 32 heavy (non-hydrogen) atoms. The normalized spacial score (nSPS) is 15.5. The van der Waals surface area contributed by atoms with Crippen molar-refractivity contribution >= 4 is 35.5 Å². The van der Waals surface area contributed by atoms with Crippen LogP contribution in [-0.2, 0) is 20.8 Å². The average molecular weight is 443 g/mol. The Morgan fingerprint density at radius 1 is 1.16 bits per heavy atom. The number of nitrogens with zero attached hydrogens (tertiary/aromatic N) is 1. The third-order valence-corrected chi connectivity index (χ3v) is 5.07. The molecule has 1 aliphatic heterocycles. The maximum Gasteiger partial charge on any atom is 0.326 e. The number of nitrogen functional groups attached to an aromatic ring is 1. The zero-order chi connectivity index (χ0) is 23.4. The molecule has 0 saturated carbocycles. The fraction of sp³-hybridized carbons (Fsp3) is 0.300. The molecule has 2 heterocycles. The summed E-state index contributed by atoms with van der Waals surface area (Å²) >= 11 is 0. The van der Waals surface area contributed by atoms with E-state index in [9.17, 15) is 24.0 Å². The lowest BCUT2D eigenvalue weighted by molar-refractivity contribution is -0.140. The van der Waals surface area contributed by atoms with Gasteiger partial charge in [-0.2, -0.15) is 4.98 Å². The molecule has 0 fully saturated rings. The van der Waals surface area contributed by atoms with Crippen molar-refractivity contribution in [2.45, 2.75) is 37.6 Å². The van der Waals surface area contributed by atoms with Gasteiger partial charge in [-0.15, -0.1) is 0 Å². The monoisotopic (exact) mass is 443 g/mol. The Labute approximate surface area is 180 Å². The highest BCUT2D eigenvalue weighted by Gasteiger charge is 2.34. The summed E-state index contributed by atoms with van der Waals surface area (Å²) in [6.07, 6.45) is 0.132. The van der Waals surface area contributed by atoms with Crippen molar-refractivity contribution < 1.29 is 29.4 Å². The molecular formula is C20H21N5O7. The van der Waals surface area contributed by atoms with Gasteiger partial charge in [0.05, 0.1) is 11.5 Å². The standard InChI is InChI=1S/C20H21N5O7/c21-20-24-15-14(18(30)25-20)11(17(29)23-15)6-3-9-1-4-10(5-2-9)16(28)22-12(19(31)32)7-8-13(26)27/h1-2,4-5,11-12H,3,6-8H2,(H,22,28)(H,26,27)(H,31,32)(H4,21,23,24,25,29,30)/t11?,12-/m1/s1. The molecule has 7 N–H and O–H groups in total. The molecule has 12 nitrogen and oxygen atoms in total. The second kappa shape index (κ2) is 9.29. The summed E-state index contributed by atoms with van der Waals surface area (Å²) in [6.45, 7) is 0. The summed E-state index contributed by atoms with van der Waals surface area (Å²) in [4.78, 5) is 64.9. The van der Waals surface area contributed by atoms with Crippen LogP contribution in [0.4, 0.5) is 11.8 Å². The van der Waals surface area contributed by atoms with Crippen molar-refractivity contribution in [1.29, 1.82) is 0 Å².